The Hall–Kier alpha value is -0.820. The summed E-state index contributed by atoms with van der Waals surface area (Å²) in [5.74, 6) is 0. The highest BCUT2D eigenvalue weighted by atomic mass is 32.1. The third-order valence-corrected chi connectivity index (χ3v) is 2.40. The number of nitrogens with one attached hydrogen (secondary N) is 1. The molecule has 14 heavy (non-hydrogen) atoms. The lowest BCUT2D eigenvalue weighted by atomic mass is 10.3. The van der Waals surface area contributed by atoms with Gasteiger partial charge in [0.25, 0.3) is 0 Å². The van der Waals surface area contributed by atoms with Gasteiger partial charge in [0.05, 0.1) is 4.88 Å². The average Bonchev–Trinajstić information content (AvgIpc) is 2.42. The fourth-order valence-corrected chi connectivity index (χ4v) is 1.77. The SMILES string of the molecule is CCNCc1sc(N)nc1C(F)(F)F. The van der Waals surface area contributed by atoms with Crippen molar-refractivity contribution in [3.8, 4) is 0 Å². The lowest BCUT2D eigenvalue weighted by Gasteiger charge is -2.05. The van der Waals surface area contributed by atoms with Crippen molar-refractivity contribution in [3.05, 3.63) is 10.6 Å². The number of nitrogens with two attached hydrogens (primary N) is 1. The van der Waals surface area contributed by atoms with E-state index in [-0.39, 0.29) is 16.6 Å². The lowest BCUT2D eigenvalue weighted by molar-refractivity contribution is -0.141. The molecule has 0 saturated carbocycles. The molecule has 1 aromatic rings. The topological polar surface area (TPSA) is 50.9 Å². The van der Waals surface area contributed by atoms with Gasteiger partial charge in [0.15, 0.2) is 10.8 Å². The van der Waals surface area contributed by atoms with E-state index in [1.807, 2.05) is 6.92 Å². The fraction of sp³-hybridized carbons (Fsp3) is 0.571. The number of hydrogen-bond donors (Lipinski definition) is 2. The Bertz CT molecular complexity index is 308. The van der Waals surface area contributed by atoms with Crippen LogP contribution in [0.15, 0.2) is 0 Å². The zero-order chi connectivity index (χ0) is 10.8. The van der Waals surface area contributed by atoms with Gasteiger partial charge >= 0.3 is 6.18 Å². The van der Waals surface area contributed by atoms with E-state index in [0.29, 0.717) is 6.54 Å². The standard InChI is InChI=1S/C7H10F3N3S/c1-2-12-3-4-5(7(8,9)10)13-6(11)14-4/h12H,2-3H2,1H3,(H2,11,13). The first-order valence-electron chi connectivity index (χ1n) is 3.98. The maximum Gasteiger partial charge on any atom is 0.434 e. The van der Waals surface area contributed by atoms with Crippen molar-refractivity contribution in [2.45, 2.75) is 19.6 Å². The number of nitrogens with zero attached hydrogens (tertiary/aromatic N) is 1. The minimum atomic E-state index is -4.42. The van der Waals surface area contributed by atoms with E-state index in [1.54, 1.807) is 0 Å². The monoisotopic (exact) mass is 225 g/mol. The molecule has 0 aliphatic heterocycles. The predicted molar refractivity (Wildman–Crippen MR) is 48.9 cm³/mol. The summed E-state index contributed by atoms with van der Waals surface area (Å²) in [7, 11) is 0. The molecule has 7 heteroatoms. The minimum Gasteiger partial charge on any atom is -0.375 e. The number of alkyl halides is 3. The summed E-state index contributed by atoms with van der Waals surface area (Å²) in [6.45, 7) is 2.58. The number of thiazole rings is 1. The van der Waals surface area contributed by atoms with Crippen molar-refractivity contribution in [2.24, 2.45) is 0 Å². The molecule has 1 rings (SSSR count). The predicted octanol–water partition coefficient (Wildman–Crippen LogP) is 1.85. The van der Waals surface area contributed by atoms with E-state index in [0.717, 1.165) is 11.3 Å². The Morgan fingerprint density at radius 3 is 2.64 bits per heavy atom. The minimum absolute atomic E-state index is 0.0507. The van der Waals surface area contributed by atoms with Gasteiger partial charge in [0.2, 0.25) is 0 Å². The molecular formula is C7H10F3N3S. The molecule has 0 saturated heterocycles. The molecule has 3 N–H and O–H groups in total. The Morgan fingerprint density at radius 2 is 2.14 bits per heavy atom. The molecule has 0 unspecified atom stereocenters. The first-order valence-corrected chi connectivity index (χ1v) is 4.80. The second-order valence-corrected chi connectivity index (χ2v) is 3.72. The molecule has 0 amide bonds. The van der Waals surface area contributed by atoms with Gasteiger partial charge in [-0.1, -0.05) is 6.92 Å². The third-order valence-electron chi connectivity index (χ3n) is 1.52. The number of aromatic nitrogens is 1. The van der Waals surface area contributed by atoms with Gasteiger partial charge < -0.3 is 11.1 Å². The largest absolute Gasteiger partial charge is 0.434 e. The number of hydrogen-bond acceptors (Lipinski definition) is 4. The first kappa shape index (κ1) is 11.3. The molecule has 0 aromatic carbocycles. The zero-order valence-corrected chi connectivity index (χ0v) is 8.30. The van der Waals surface area contributed by atoms with Crippen molar-refractivity contribution in [1.82, 2.24) is 10.3 Å². The van der Waals surface area contributed by atoms with Crippen LogP contribution in [0.5, 0.6) is 0 Å². The van der Waals surface area contributed by atoms with E-state index in [4.69, 9.17) is 5.73 Å². The van der Waals surface area contributed by atoms with Gasteiger partial charge in [-0.3, -0.25) is 0 Å². The first-order chi connectivity index (χ1) is 6.45. The highest BCUT2D eigenvalue weighted by Crippen LogP contribution is 2.34. The van der Waals surface area contributed by atoms with E-state index in [9.17, 15) is 13.2 Å². The maximum absolute atomic E-state index is 12.3. The Kier molecular flexibility index (Phi) is 3.33. The number of halogens is 3. The van der Waals surface area contributed by atoms with E-state index >= 15 is 0 Å². The Labute approximate surface area is 83.1 Å². The van der Waals surface area contributed by atoms with Crippen molar-refractivity contribution >= 4 is 16.5 Å². The summed E-state index contributed by atoms with van der Waals surface area (Å²) in [5.41, 5.74) is 4.35. The van der Waals surface area contributed by atoms with Gasteiger partial charge in [0.1, 0.15) is 0 Å². The molecule has 0 aliphatic carbocycles. The van der Waals surface area contributed by atoms with Crippen LogP contribution in [-0.4, -0.2) is 11.5 Å². The van der Waals surface area contributed by atoms with E-state index in [2.05, 4.69) is 10.3 Å². The van der Waals surface area contributed by atoms with Crippen LogP contribution in [0.2, 0.25) is 0 Å². The number of nitrogen functional groups attached to an aromatic ring is 1. The quantitative estimate of drug-likeness (QED) is 0.825. The second kappa shape index (κ2) is 4.14. The van der Waals surface area contributed by atoms with Crippen LogP contribution >= 0.6 is 11.3 Å². The number of anilines is 1. The van der Waals surface area contributed by atoms with Crippen LogP contribution < -0.4 is 11.1 Å². The molecule has 0 fully saturated rings. The van der Waals surface area contributed by atoms with Crippen LogP contribution in [0.3, 0.4) is 0 Å². The summed E-state index contributed by atoms with van der Waals surface area (Å²) < 4.78 is 37.0. The van der Waals surface area contributed by atoms with Gasteiger partial charge in [0, 0.05) is 6.54 Å². The van der Waals surface area contributed by atoms with Gasteiger partial charge in [-0.15, -0.1) is 11.3 Å². The van der Waals surface area contributed by atoms with Crippen molar-refractivity contribution < 1.29 is 13.2 Å². The zero-order valence-electron chi connectivity index (χ0n) is 7.48. The Morgan fingerprint density at radius 1 is 1.50 bits per heavy atom. The van der Waals surface area contributed by atoms with Crippen LogP contribution in [0.4, 0.5) is 18.3 Å². The summed E-state index contributed by atoms with van der Waals surface area (Å²) in [6.07, 6.45) is -4.42. The van der Waals surface area contributed by atoms with Crippen LogP contribution in [-0.2, 0) is 12.7 Å². The van der Waals surface area contributed by atoms with Crippen molar-refractivity contribution in [1.29, 1.82) is 0 Å². The average molecular weight is 225 g/mol. The molecule has 0 radical (unpaired) electrons. The molecule has 1 heterocycles. The smallest absolute Gasteiger partial charge is 0.375 e. The molecule has 0 aliphatic rings. The summed E-state index contributed by atoms with van der Waals surface area (Å²) in [4.78, 5) is 3.40. The number of rotatable bonds is 3. The molecule has 3 nitrogen and oxygen atoms in total. The maximum atomic E-state index is 12.3. The summed E-state index contributed by atoms with van der Waals surface area (Å²) in [6, 6.07) is 0. The van der Waals surface area contributed by atoms with Crippen molar-refractivity contribution in [2.75, 3.05) is 12.3 Å². The fourth-order valence-electron chi connectivity index (χ4n) is 0.950. The van der Waals surface area contributed by atoms with E-state index < -0.39 is 11.9 Å². The van der Waals surface area contributed by atoms with Gasteiger partial charge in [-0.25, -0.2) is 4.98 Å². The van der Waals surface area contributed by atoms with Crippen LogP contribution in [0, 0.1) is 0 Å². The van der Waals surface area contributed by atoms with Crippen molar-refractivity contribution in [3.63, 3.8) is 0 Å². The molecular weight excluding hydrogens is 215 g/mol. The van der Waals surface area contributed by atoms with E-state index in [1.165, 1.54) is 0 Å². The second-order valence-electron chi connectivity index (χ2n) is 2.60. The van der Waals surface area contributed by atoms with Crippen LogP contribution in [0.1, 0.15) is 17.5 Å². The van der Waals surface area contributed by atoms with Crippen LogP contribution in [0.25, 0.3) is 0 Å². The third kappa shape index (κ3) is 2.58. The molecule has 0 bridgehead atoms. The Balaban J connectivity index is 2.91. The lowest BCUT2D eigenvalue weighted by Crippen LogP contribution is -2.15. The highest BCUT2D eigenvalue weighted by molar-refractivity contribution is 7.15. The normalized spacial score (nSPS) is 12.0. The molecule has 1 aromatic heterocycles. The summed E-state index contributed by atoms with van der Waals surface area (Å²) >= 11 is 0.865. The molecule has 80 valence electrons. The van der Waals surface area contributed by atoms with Gasteiger partial charge in [-0.05, 0) is 6.54 Å². The highest BCUT2D eigenvalue weighted by Gasteiger charge is 2.36. The molecule has 0 spiro atoms. The molecule has 0 atom stereocenters. The summed E-state index contributed by atoms with van der Waals surface area (Å²) in [5, 5.41) is 2.75. The van der Waals surface area contributed by atoms with Gasteiger partial charge in [-0.2, -0.15) is 13.2 Å².